The lowest BCUT2D eigenvalue weighted by Gasteiger charge is -2.43. The van der Waals surface area contributed by atoms with Gasteiger partial charge in [0, 0.05) is 20.1 Å². The van der Waals surface area contributed by atoms with Crippen LogP contribution in [0.3, 0.4) is 0 Å². The fourth-order valence-electron chi connectivity index (χ4n) is 3.48. The van der Waals surface area contributed by atoms with E-state index in [4.69, 9.17) is 13.9 Å². The fourth-order valence-corrected chi connectivity index (χ4v) is 4.51. The highest BCUT2D eigenvalue weighted by molar-refractivity contribution is 6.74. The van der Waals surface area contributed by atoms with Crippen molar-refractivity contribution >= 4 is 20.1 Å². The predicted octanol–water partition coefficient (Wildman–Crippen LogP) is 2.43. The Labute approximate surface area is 169 Å². The summed E-state index contributed by atoms with van der Waals surface area (Å²) in [5, 5.41) is 2.89. The molecule has 2 amide bonds. The number of methoxy groups -OCH3 is 1. The Kier molecular flexibility index (Phi) is 7.12. The summed E-state index contributed by atoms with van der Waals surface area (Å²) in [5.74, 6) is -0.216. The summed E-state index contributed by atoms with van der Waals surface area (Å²) in [6.45, 7) is 14.3. The van der Waals surface area contributed by atoms with Gasteiger partial charge in [-0.25, -0.2) is 0 Å². The molecule has 2 aliphatic heterocycles. The molecule has 2 rings (SSSR count). The zero-order valence-electron chi connectivity index (χ0n) is 18.4. The Morgan fingerprint density at radius 1 is 1.36 bits per heavy atom. The number of ether oxygens (including phenoxy) is 2. The third kappa shape index (κ3) is 4.50. The monoisotopic (exact) mass is 412 g/mol. The van der Waals surface area contributed by atoms with Gasteiger partial charge in [0.25, 0.3) is 0 Å². The van der Waals surface area contributed by atoms with Crippen molar-refractivity contribution in [1.82, 2.24) is 10.2 Å². The fraction of sp³-hybridized carbons (Fsp3) is 0.800. The van der Waals surface area contributed by atoms with E-state index in [2.05, 4.69) is 39.2 Å². The first-order valence-electron chi connectivity index (χ1n) is 9.94. The largest absolute Gasteiger partial charge is 0.413 e. The molecule has 0 unspecified atom stereocenters. The molecule has 2 aliphatic rings. The van der Waals surface area contributed by atoms with E-state index in [0.29, 0.717) is 26.0 Å². The van der Waals surface area contributed by atoms with Gasteiger partial charge in [-0.2, -0.15) is 0 Å². The second kappa shape index (κ2) is 8.65. The second-order valence-electron chi connectivity index (χ2n) is 9.31. The molecule has 2 fully saturated rings. The van der Waals surface area contributed by atoms with Crippen molar-refractivity contribution in [3.8, 4) is 0 Å². The zero-order valence-corrected chi connectivity index (χ0v) is 19.4. The molecule has 7 nitrogen and oxygen atoms in total. The van der Waals surface area contributed by atoms with Crippen molar-refractivity contribution in [2.75, 3.05) is 33.6 Å². The molecular weight excluding hydrogens is 376 g/mol. The maximum atomic E-state index is 12.9. The molecule has 1 N–H and O–H groups in total. The molecule has 0 aromatic carbocycles. The molecule has 0 saturated carbocycles. The molecule has 2 heterocycles. The highest BCUT2D eigenvalue weighted by Gasteiger charge is 2.58. The maximum Gasteiger partial charge on any atom is 0.249 e. The van der Waals surface area contributed by atoms with E-state index in [-0.39, 0.29) is 36.3 Å². The third-order valence-electron chi connectivity index (χ3n) is 6.34. The van der Waals surface area contributed by atoms with Crippen LogP contribution in [0.15, 0.2) is 11.6 Å². The minimum absolute atomic E-state index is 0.0504. The van der Waals surface area contributed by atoms with Crippen LogP contribution in [0.25, 0.3) is 0 Å². The molecule has 0 radical (unpaired) electrons. The van der Waals surface area contributed by atoms with Gasteiger partial charge in [0.1, 0.15) is 6.79 Å². The van der Waals surface area contributed by atoms with Crippen LogP contribution in [0.2, 0.25) is 18.1 Å². The average molecular weight is 413 g/mol. The second-order valence-corrected chi connectivity index (χ2v) is 14.1. The van der Waals surface area contributed by atoms with Crippen molar-refractivity contribution in [3.05, 3.63) is 11.6 Å². The zero-order chi connectivity index (χ0) is 21.2. The number of carbonyl (C=O) groups excluding carboxylic acids is 2. The van der Waals surface area contributed by atoms with E-state index >= 15 is 0 Å². The Morgan fingerprint density at radius 2 is 2.04 bits per heavy atom. The normalized spacial score (nSPS) is 26.5. The lowest BCUT2D eigenvalue weighted by Crippen LogP contribution is -2.68. The van der Waals surface area contributed by atoms with Crippen molar-refractivity contribution < 1.29 is 23.5 Å². The van der Waals surface area contributed by atoms with Gasteiger partial charge in [-0.15, -0.1) is 0 Å². The number of nitrogens with one attached hydrogen (secondary N) is 1. The summed E-state index contributed by atoms with van der Waals surface area (Å²) in [6.07, 6.45) is 2.66. The molecule has 0 aromatic heterocycles. The summed E-state index contributed by atoms with van der Waals surface area (Å²) in [4.78, 5) is 27.0. The van der Waals surface area contributed by atoms with E-state index in [1.807, 2.05) is 13.0 Å². The number of hydrogen-bond donors (Lipinski definition) is 1. The van der Waals surface area contributed by atoms with Crippen LogP contribution in [-0.2, 0) is 23.5 Å². The summed E-state index contributed by atoms with van der Waals surface area (Å²) >= 11 is 0. The predicted molar refractivity (Wildman–Crippen MR) is 110 cm³/mol. The molecule has 0 aromatic rings. The van der Waals surface area contributed by atoms with Gasteiger partial charge < -0.3 is 24.1 Å². The summed E-state index contributed by atoms with van der Waals surface area (Å²) < 4.78 is 17.1. The van der Waals surface area contributed by atoms with E-state index in [1.54, 1.807) is 12.0 Å². The van der Waals surface area contributed by atoms with Crippen LogP contribution < -0.4 is 5.32 Å². The molecular formula is C20H36N2O5Si. The topological polar surface area (TPSA) is 77.1 Å². The minimum Gasteiger partial charge on any atom is -0.413 e. The Bertz CT molecular complexity index is 629. The van der Waals surface area contributed by atoms with Gasteiger partial charge in [0.05, 0.1) is 19.3 Å². The minimum atomic E-state index is -1.85. The highest BCUT2D eigenvalue weighted by Crippen LogP contribution is 2.39. The number of fused-ring (bicyclic) bond motifs is 1. The molecule has 160 valence electrons. The number of amides is 2. The van der Waals surface area contributed by atoms with Crippen LogP contribution in [0.1, 0.15) is 40.5 Å². The maximum absolute atomic E-state index is 12.9. The van der Waals surface area contributed by atoms with Crippen molar-refractivity contribution in [2.45, 2.75) is 70.3 Å². The van der Waals surface area contributed by atoms with E-state index < -0.39 is 13.9 Å². The van der Waals surface area contributed by atoms with Crippen molar-refractivity contribution in [1.29, 1.82) is 0 Å². The van der Waals surface area contributed by atoms with Gasteiger partial charge in [-0.3, -0.25) is 9.59 Å². The number of carbonyl (C=O) groups is 2. The number of rotatable bonds is 8. The summed E-state index contributed by atoms with van der Waals surface area (Å²) in [7, 11) is -0.297. The standard InChI is InChI=1S/C20H36N2O5Si/c1-15(13-27-28(6,7)19(2,3)4)8-10-20-16(26-14-25-5)9-11-22(20)17(23)12-21-18(20)24/h8,16H,9-14H2,1-7H3,(H,21,24)/b15-8+/t16-,20+/m0/s1. The third-order valence-corrected chi connectivity index (χ3v) is 10.8. The first-order valence-corrected chi connectivity index (χ1v) is 12.9. The Balaban J connectivity index is 2.17. The van der Waals surface area contributed by atoms with Crippen molar-refractivity contribution in [3.63, 3.8) is 0 Å². The van der Waals surface area contributed by atoms with Crippen LogP contribution >= 0.6 is 0 Å². The lowest BCUT2D eigenvalue weighted by molar-refractivity contribution is -0.162. The van der Waals surface area contributed by atoms with Gasteiger partial charge >= 0.3 is 0 Å². The number of nitrogens with zero attached hydrogens (tertiary/aromatic N) is 1. The smallest absolute Gasteiger partial charge is 0.249 e. The lowest BCUT2D eigenvalue weighted by atomic mass is 9.85. The molecule has 2 atom stereocenters. The number of hydrogen-bond acceptors (Lipinski definition) is 5. The van der Waals surface area contributed by atoms with Crippen LogP contribution in [0.4, 0.5) is 0 Å². The van der Waals surface area contributed by atoms with E-state index in [9.17, 15) is 9.59 Å². The molecule has 0 bridgehead atoms. The molecule has 2 saturated heterocycles. The highest BCUT2D eigenvalue weighted by atomic mass is 28.4. The average Bonchev–Trinajstić information content (AvgIpc) is 2.99. The number of piperazine rings is 1. The first kappa shape index (κ1) is 23.1. The van der Waals surface area contributed by atoms with Crippen LogP contribution in [-0.4, -0.2) is 70.3 Å². The molecule has 0 spiro atoms. The van der Waals surface area contributed by atoms with Gasteiger partial charge in [-0.05, 0) is 31.5 Å². The first-order chi connectivity index (χ1) is 13.0. The SMILES string of the molecule is COCO[C@H]1CCN2C(=O)CNC(=O)[C@@]12C/C=C(\C)CO[Si](C)(C)C(C)(C)C. The molecule has 8 heteroatoms. The van der Waals surface area contributed by atoms with Gasteiger partial charge in [-0.1, -0.05) is 32.4 Å². The Morgan fingerprint density at radius 3 is 2.64 bits per heavy atom. The summed E-state index contributed by atoms with van der Waals surface area (Å²) in [6, 6.07) is 0. The van der Waals surface area contributed by atoms with Crippen LogP contribution in [0.5, 0.6) is 0 Å². The molecule has 28 heavy (non-hydrogen) atoms. The van der Waals surface area contributed by atoms with E-state index in [1.165, 1.54) is 0 Å². The van der Waals surface area contributed by atoms with Gasteiger partial charge in [0.2, 0.25) is 11.8 Å². The van der Waals surface area contributed by atoms with E-state index in [0.717, 1.165) is 5.57 Å². The van der Waals surface area contributed by atoms with Crippen LogP contribution in [0, 0.1) is 0 Å². The Hall–Kier alpha value is -1.22. The summed E-state index contributed by atoms with van der Waals surface area (Å²) in [5.41, 5.74) is 0.0499. The van der Waals surface area contributed by atoms with Gasteiger partial charge in [0.15, 0.2) is 13.9 Å². The van der Waals surface area contributed by atoms with Crippen molar-refractivity contribution in [2.24, 2.45) is 0 Å². The quantitative estimate of drug-likeness (QED) is 0.376. The molecule has 0 aliphatic carbocycles.